The molecule has 0 bridgehead atoms. The molecule has 4 rings (SSSR count). The number of fused-ring (bicyclic) bond motifs is 1. The van der Waals surface area contributed by atoms with E-state index >= 15 is 0 Å². The zero-order valence-electron chi connectivity index (χ0n) is 15.3. The molecule has 1 aliphatic rings. The van der Waals surface area contributed by atoms with Crippen LogP contribution in [0.2, 0.25) is 5.02 Å². The van der Waals surface area contributed by atoms with Gasteiger partial charge in [0.15, 0.2) is 5.69 Å². The lowest BCUT2D eigenvalue weighted by Crippen LogP contribution is -2.25. The van der Waals surface area contributed by atoms with Gasteiger partial charge in [-0.05, 0) is 43.6 Å². The number of alkyl halides is 3. The Labute approximate surface area is 168 Å². The number of hydrogen-bond acceptors (Lipinski definition) is 5. The number of anilines is 1. The Morgan fingerprint density at radius 2 is 2.07 bits per heavy atom. The third-order valence-electron chi connectivity index (χ3n) is 5.15. The van der Waals surface area contributed by atoms with Gasteiger partial charge in [-0.15, -0.1) is 0 Å². The van der Waals surface area contributed by atoms with E-state index in [9.17, 15) is 17.6 Å². The van der Waals surface area contributed by atoms with Crippen LogP contribution in [-0.2, 0) is 6.18 Å². The van der Waals surface area contributed by atoms with Crippen LogP contribution in [0.4, 0.5) is 23.4 Å². The van der Waals surface area contributed by atoms with Crippen LogP contribution in [0.25, 0.3) is 5.78 Å². The number of benzene rings is 1. The van der Waals surface area contributed by atoms with Crippen molar-refractivity contribution < 1.29 is 17.6 Å². The van der Waals surface area contributed by atoms with Crippen molar-refractivity contribution in [3.05, 3.63) is 52.7 Å². The second kappa shape index (κ2) is 7.42. The van der Waals surface area contributed by atoms with E-state index in [4.69, 9.17) is 11.6 Å². The fourth-order valence-corrected chi connectivity index (χ4v) is 3.90. The summed E-state index contributed by atoms with van der Waals surface area (Å²) in [6.07, 6.45) is -2.65. The molecule has 154 valence electrons. The maximum absolute atomic E-state index is 13.9. The number of halogens is 5. The molecular formula is C18H17ClF4N6. The number of aromatic nitrogens is 4. The van der Waals surface area contributed by atoms with Gasteiger partial charge in [0.25, 0.3) is 5.78 Å². The quantitative estimate of drug-likeness (QED) is 0.635. The van der Waals surface area contributed by atoms with E-state index in [1.165, 1.54) is 16.6 Å². The third-order valence-corrected chi connectivity index (χ3v) is 5.45. The maximum Gasteiger partial charge on any atom is 0.433 e. The minimum absolute atomic E-state index is 0.0432. The van der Waals surface area contributed by atoms with Crippen LogP contribution < -0.4 is 5.32 Å². The van der Waals surface area contributed by atoms with Gasteiger partial charge in [0.05, 0.1) is 5.02 Å². The van der Waals surface area contributed by atoms with E-state index in [1.54, 1.807) is 6.07 Å². The summed E-state index contributed by atoms with van der Waals surface area (Å²) in [6, 6.07) is 5.52. The van der Waals surface area contributed by atoms with Crippen molar-refractivity contribution in [2.45, 2.75) is 18.6 Å². The first-order chi connectivity index (χ1) is 13.7. The molecule has 29 heavy (non-hydrogen) atoms. The lowest BCUT2D eigenvalue weighted by atomic mass is 9.93. The number of nitrogens with zero attached hydrogens (tertiary/aromatic N) is 5. The predicted octanol–water partition coefficient (Wildman–Crippen LogP) is 4.04. The average Bonchev–Trinajstić information content (AvgIpc) is 3.27. The van der Waals surface area contributed by atoms with Gasteiger partial charge < -0.3 is 5.32 Å². The lowest BCUT2D eigenvalue weighted by Gasteiger charge is -2.26. The molecule has 1 N–H and O–H groups in total. The first-order valence-corrected chi connectivity index (χ1v) is 9.29. The molecule has 1 aromatic carbocycles. The van der Waals surface area contributed by atoms with Crippen molar-refractivity contribution in [1.82, 2.24) is 24.5 Å². The smallest absolute Gasteiger partial charge is 0.369 e. The Kier molecular flexibility index (Phi) is 5.07. The van der Waals surface area contributed by atoms with E-state index in [1.807, 2.05) is 7.05 Å². The predicted molar refractivity (Wildman–Crippen MR) is 99.2 cm³/mol. The monoisotopic (exact) mass is 428 g/mol. The van der Waals surface area contributed by atoms with E-state index in [0.29, 0.717) is 6.54 Å². The number of rotatable bonds is 4. The Morgan fingerprint density at radius 1 is 1.28 bits per heavy atom. The molecule has 1 saturated heterocycles. The minimum Gasteiger partial charge on any atom is -0.369 e. The molecule has 6 nitrogen and oxygen atoms in total. The van der Waals surface area contributed by atoms with Crippen LogP contribution in [0, 0.1) is 11.7 Å². The Bertz CT molecular complexity index is 1040. The lowest BCUT2D eigenvalue weighted by molar-refractivity contribution is -0.141. The molecule has 2 unspecified atom stereocenters. The van der Waals surface area contributed by atoms with Gasteiger partial charge in [0.1, 0.15) is 18.0 Å². The van der Waals surface area contributed by atoms with E-state index in [0.717, 1.165) is 30.9 Å². The molecule has 2 aromatic heterocycles. The van der Waals surface area contributed by atoms with Gasteiger partial charge in [-0.2, -0.15) is 27.8 Å². The highest BCUT2D eigenvalue weighted by atomic mass is 35.5. The van der Waals surface area contributed by atoms with Crippen LogP contribution in [0.5, 0.6) is 0 Å². The first kappa shape index (κ1) is 19.8. The Morgan fingerprint density at radius 3 is 2.79 bits per heavy atom. The zero-order valence-corrected chi connectivity index (χ0v) is 16.0. The van der Waals surface area contributed by atoms with E-state index < -0.39 is 17.7 Å². The van der Waals surface area contributed by atoms with Crippen molar-refractivity contribution in [2.75, 3.05) is 25.5 Å². The number of nitrogens with one attached hydrogen (secondary N) is 1. The molecule has 3 aromatic rings. The van der Waals surface area contributed by atoms with Crippen molar-refractivity contribution in [3.63, 3.8) is 0 Å². The second-order valence-corrected chi connectivity index (χ2v) is 7.43. The second-order valence-electron chi connectivity index (χ2n) is 7.02. The molecular weight excluding hydrogens is 412 g/mol. The maximum atomic E-state index is 13.9. The van der Waals surface area contributed by atoms with Crippen LogP contribution in [0.3, 0.4) is 0 Å². The van der Waals surface area contributed by atoms with Gasteiger partial charge in [0, 0.05) is 18.7 Å². The fourth-order valence-electron chi connectivity index (χ4n) is 3.78. The van der Waals surface area contributed by atoms with Gasteiger partial charge in [-0.1, -0.05) is 17.7 Å². The Balaban J connectivity index is 1.59. The van der Waals surface area contributed by atoms with Gasteiger partial charge in [0.2, 0.25) is 0 Å². The molecule has 0 saturated carbocycles. The topological polar surface area (TPSA) is 58.3 Å². The highest BCUT2D eigenvalue weighted by molar-refractivity contribution is 6.30. The zero-order chi connectivity index (χ0) is 20.8. The minimum atomic E-state index is -4.60. The highest BCUT2D eigenvalue weighted by Crippen LogP contribution is 2.37. The van der Waals surface area contributed by atoms with Crippen LogP contribution in [0.15, 0.2) is 30.6 Å². The normalized spacial score (nSPS) is 20.5. The van der Waals surface area contributed by atoms with Crippen LogP contribution in [-0.4, -0.2) is 44.6 Å². The Hall–Kier alpha value is -2.46. The molecule has 11 heteroatoms. The number of likely N-dealkylation sites (tertiary alicyclic amines) is 1. The number of hydrogen-bond donors (Lipinski definition) is 1. The van der Waals surface area contributed by atoms with E-state index in [2.05, 4.69) is 25.3 Å². The SMILES string of the molecule is CN1CCC(CNc2cc(C(F)(F)F)nc3ncnn23)C1c1ccc(Cl)c(F)c1. The van der Waals surface area contributed by atoms with Crippen molar-refractivity contribution in [1.29, 1.82) is 0 Å². The highest BCUT2D eigenvalue weighted by Gasteiger charge is 2.35. The summed E-state index contributed by atoms with van der Waals surface area (Å²) in [5.74, 6) is -0.441. The summed E-state index contributed by atoms with van der Waals surface area (Å²) in [4.78, 5) is 9.36. The van der Waals surface area contributed by atoms with Crippen molar-refractivity contribution in [3.8, 4) is 0 Å². The largest absolute Gasteiger partial charge is 0.433 e. The molecule has 3 heterocycles. The van der Waals surface area contributed by atoms with Crippen molar-refractivity contribution in [2.24, 2.45) is 5.92 Å². The standard InChI is InChI=1S/C18H17ClF4N6/c1-28-5-4-11(16(28)10-2-3-12(19)13(20)6-10)8-24-15-7-14(18(21,22)23)27-17-25-9-26-29(15)17/h2-3,6-7,9,11,16,24H,4-5,8H2,1H3. The molecule has 1 aliphatic heterocycles. The molecule has 0 radical (unpaired) electrons. The van der Waals surface area contributed by atoms with E-state index in [-0.39, 0.29) is 28.6 Å². The summed E-state index contributed by atoms with van der Waals surface area (Å²) >= 11 is 5.78. The third kappa shape index (κ3) is 3.86. The molecule has 0 amide bonds. The van der Waals surface area contributed by atoms with Gasteiger partial charge in [-0.25, -0.2) is 9.37 Å². The van der Waals surface area contributed by atoms with Crippen LogP contribution >= 0.6 is 11.6 Å². The van der Waals surface area contributed by atoms with Gasteiger partial charge >= 0.3 is 6.18 Å². The molecule has 0 aliphatic carbocycles. The first-order valence-electron chi connectivity index (χ1n) is 8.91. The molecule has 2 atom stereocenters. The van der Waals surface area contributed by atoms with Crippen LogP contribution in [0.1, 0.15) is 23.7 Å². The fraction of sp³-hybridized carbons (Fsp3) is 0.389. The van der Waals surface area contributed by atoms with Crippen molar-refractivity contribution >= 4 is 23.2 Å². The molecule has 1 fully saturated rings. The summed E-state index contributed by atoms with van der Waals surface area (Å²) in [6.45, 7) is 1.15. The summed E-state index contributed by atoms with van der Waals surface area (Å²) < 4.78 is 54.6. The summed E-state index contributed by atoms with van der Waals surface area (Å²) in [7, 11) is 1.93. The summed E-state index contributed by atoms with van der Waals surface area (Å²) in [5, 5.41) is 7.04. The molecule has 0 spiro atoms. The summed E-state index contributed by atoms with van der Waals surface area (Å²) in [5.41, 5.74) is -0.268. The van der Waals surface area contributed by atoms with Gasteiger partial charge in [-0.3, -0.25) is 4.90 Å². The average molecular weight is 429 g/mol.